The molecule has 0 saturated carbocycles. The Morgan fingerprint density at radius 2 is 1.58 bits per heavy atom. The van der Waals surface area contributed by atoms with E-state index in [9.17, 15) is 16.8 Å². The fourth-order valence-electron chi connectivity index (χ4n) is 3.31. The van der Waals surface area contributed by atoms with Crippen molar-refractivity contribution in [1.82, 2.24) is 13.9 Å². The molecule has 0 bridgehead atoms. The number of rotatable bonds is 8. The molecule has 1 atom stereocenters. The molecule has 11 heteroatoms. The van der Waals surface area contributed by atoms with E-state index in [4.69, 9.17) is 16.3 Å². The van der Waals surface area contributed by atoms with E-state index < -0.39 is 20.0 Å². The molecule has 0 aromatic heterocycles. The van der Waals surface area contributed by atoms with Crippen molar-refractivity contribution in [3.05, 3.63) is 59.1 Å². The van der Waals surface area contributed by atoms with Crippen LogP contribution in [0.15, 0.2) is 58.3 Å². The van der Waals surface area contributed by atoms with Crippen LogP contribution in [0.5, 0.6) is 0 Å². The van der Waals surface area contributed by atoms with Crippen LogP contribution in [0.1, 0.15) is 11.6 Å². The number of halogens is 1. The molecule has 0 amide bonds. The molecule has 1 aliphatic rings. The Hall–Kier alpha value is -1.53. The van der Waals surface area contributed by atoms with E-state index >= 15 is 0 Å². The number of benzene rings is 2. The van der Waals surface area contributed by atoms with Gasteiger partial charge in [-0.1, -0.05) is 29.8 Å². The summed E-state index contributed by atoms with van der Waals surface area (Å²) in [6, 6.07) is 12.2. The number of likely N-dealkylation sites (N-methyl/N-ethyl adjacent to an activating group) is 1. The van der Waals surface area contributed by atoms with Crippen molar-refractivity contribution in [2.24, 2.45) is 0 Å². The van der Waals surface area contributed by atoms with Gasteiger partial charge in [-0.25, -0.2) is 21.6 Å². The van der Waals surface area contributed by atoms with E-state index in [0.29, 0.717) is 18.2 Å². The third-order valence-electron chi connectivity index (χ3n) is 5.10. The second-order valence-electron chi connectivity index (χ2n) is 7.34. The molecule has 8 nitrogen and oxygen atoms in total. The Bertz CT molecular complexity index is 1100. The fraction of sp³-hybridized carbons (Fsp3) is 0.400. The zero-order valence-corrected chi connectivity index (χ0v) is 19.8. The molecule has 0 radical (unpaired) electrons. The molecular formula is C20H26ClN3O5S2. The molecule has 31 heavy (non-hydrogen) atoms. The Morgan fingerprint density at radius 3 is 2.16 bits per heavy atom. The first-order chi connectivity index (χ1) is 14.6. The van der Waals surface area contributed by atoms with Crippen molar-refractivity contribution in [2.75, 3.05) is 46.9 Å². The minimum Gasteiger partial charge on any atom is -0.379 e. The SMILES string of the molecule is CN(C)C(CNS(=O)(=O)c1ccc(S(=O)(=O)N2CCOCC2)cc1)c1ccccc1Cl. The van der Waals surface area contributed by atoms with Gasteiger partial charge in [0.25, 0.3) is 0 Å². The smallest absolute Gasteiger partial charge is 0.243 e. The number of nitrogens with one attached hydrogen (secondary N) is 1. The molecule has 2 aromatic carbocycles. The molecule has 1 saturated heterocycles. The van der Waals surface area contributed by atoms with E-state index in [1.54, 1.807) is 6.07 Å². The highest BCUT2D eigenvalue weighted by molar-refractivity contribution is 7.89. The van der Waals surface area contributed by atoms with E-state index in [0.717, 1.165) is 5.56 Å². The molecule has 1 unspecified atom stereocenters. The molecule has 2 aromatic rings. The van der Waals surface area contributed by atoms with Gasteiger partial charge in [-0.05, 0) is 50.0 Å². The Kier molecular flexibility index (Phi) is 7.74. The van der Waals surface area contributed by atoms with Gasteiger partial charge in [0.05, 0.1) is 23.0 Å². The molecule has 1 aliphatic heterocycles. The maximum atomic E-state index is 12.8. The summed E-state index contributed by atoms with van der Waals surface area (Å²) in [7, 11) is -3.85. The molecule has 1 N–H and O–H groups in total. The standard InChI is InChI=1S/C20H26ClN3O5S2/c1-23(2)20(18-5-3-4-6-19(18)21)15-22-30(25,26)16-7-9-17(10-8-16)31(27,28)24-11-13-29-14-12-24/h3-10,20,22H,11-15H2,1-2H3. The summed E-state index contributed by atoms with van der Waals surface area (Å²) >= 11 is 6.28. The van der Waals surface area contributed by atoms with Gasteiger partial charge < -0.3 is 9.64 Å². The Morgan fingerprint density at radius 1 is 1.00 bits per heavy atom. The number of morpholine rings is 1. The first-order valence-electron chi connectivity index (χ1n) is 9.71. The zero-order chi connectivity index (χ0) is 22.6. The summed E-state index contributed by atoms with van der Waals surface area (Å²) < 4.78 is 60.2. The number of ether oxygens (including phenoxy) is 1. The van der Waals surface area contributed by atoms with E-state index in [-0.39, 0.29) is 35.5 Å². The van der Waals surface area contributed by atoms with Crippen molar-refractivity contribution in [3.63, 3.8) is 0 Å². The monoisotopic (exact) mass is 487 g/mol. The second-order valence-corrected chi connectivity index (χ2v) is 11.5. The van der Waals surface area contributed by atoms with Crippen molar-refractivity contribution in [1.29, 1.82) is 0 Å². The predicted molar refractivity (Wildman–Crippen MR) is 119 cm³/mol. The minimum absolute atomic E-state index is 0.00917. The zero-order valence-electron chi connectivity index (χ0n) is 17.4. The molecule has 3 rings (SSSR count). The quantitative estimate of drug-likeness (QED) is 0.611. The molecule has 1 fully saturated rings. The summed E-state index contributed by atoms with van der Waals surface area (Å²) in [5.41, 5.74) is 0.809. The van der Waals surface area contributed by atoms with Crippen LogP contribution in [-0.2, 0) is 24.8 Å². The largest absolute Gasteiger partial charge is 0.379 e. The van der Waals surface area contributed by atoms with Gasteiger partial charge in [0.1, 0.15) is 0 Å². The fourth-order valence-corrected chi connectivity index (χ4v) is 6.02. The summed E-state index contributed by atoms with van der Waals surface area (Å²) in [5.74, 6) is 0. The molecule has 170 valence electrons. The van der Waals surface area contributed by atoms with Crippen LogP contribution in [0.4, 0.5) is 0 Å². The predicted octanol–water partition coefficient (Wildman–Crippen LogP) is 1.94. The average molecular weight is 488 g/mol. The van der Waals surface area contributed by atoms with Crippen molar-refractivity contribution in [3.8, 4) is 0 Å². The van der Waals surface area contributed by atoms with E-state index in [1.807, 2.05) is 37.2 Å². The Balaban J connectivity index is 1.75. The van der Waals surface area contributed by atoms with Crippen LogP contribution < -0.4 is 4.72 Å². The lowest BCUT2D eigenvalue weighted by Crippen LogP contribution is -2.40. The van der Waals surface area contributed by atoms with Crippen LogP contribution in [0.25, 0.3) is 0 Å². The van der Waals surface area contributed by atoms with Crippen molar-refractivity contribution >= 4 is 31.6 Å². The number of hydrogen-bond acceptors (Lipinski definition) is 6. The molecule has 0 spiro atoms. The highest BCUT2D eigenvalue weighted by atomic mass is 35.5. The van der Waals surface area contributed by atoms with Crippen molar-refractivity contribution in [2.45, 2.75) is 15.8 Å². The lowest BCUT2D eigenvalue weighted by molar-refractivity contribution is 0.0730. The van der Waals surface area contributed by atoms with Crippen LogP contribution >= 0.6 is 11.6 Å². The number of nitrogens with zero attached hydrogens (tertiary/aromatic N) is 2. The average Bonchev–Trinajstić information content (AvgIpc) is 2.75. The maximum Gasteiger partial charge on any atom is 0.243 e. The minimum atomic E-state index is -3.85. The van der Waals surface area contributed by atoms with Gasteiger partial charge in [-0.3, -0.25) is 0 Å². The molecule has 1 heterocycles. The third kappa shape index (κ3) is 5.64. The molecular weight excluding hydrogens is 462 g/mol. The normalized spacial score (nSPS) is 17.0. The van der Waals surface area contributed by atoms with Crippen molar-refractivity contribution < 1.29 is 21.6 Å². The second kappa shape index (κ2) is 9.95. The van der Waals surface area contributed by atoms with Crippen LogP contribution in [0.3, 0.4) is 0 Å². The summed E-state index contributed by atoms with van der Waals surface area (Å²) in [6.07, 6.45) is 0. The van der Waals surface area contributed by atoms with E-state index in [2.05, 4.69) is 4.72 Å². The Labute approximate surface area is 188 Å². The summed E-state index contributed by atoms with van der Waals surface area (Å²) in [5, 5.41) is 0.554. The lowest BCUT2D eigenvalue weighted by Gasteiger charge is -2.26. The van der Waals surface area contributed by atoms with Gasteiger partial charge >= 0.3 is 0 Å². The van der Waals surface area contributed by atoms with Crippen LogP contribution in [0.2, 0.25) is 5.02 Å². The van der Waals surface area contributed by atoms with Gasteiger partial charge in [-0.2, -0.15) is 4.31 Å². The van der Waals surface area contributed by atoms with Crippen LogP contribution in [-0.4, -0.2) is 73.0 Å². The first kappa shape index (κ1) is 24.1. The van der Waals surface area contributed by atoms with E-state index in [1.165, 1.54) is 28.6 Å². The number of hydrogen-bond donors (Lipinski definition) is 1. The van der Waals surface area contributed by atoms with Gasteiger partial charge in [-0.15, -0.1) is 0 Å². The summed E-state index contributed by atoms with van der Waals surface area (Å²) in [6.45, 7) is 1.34. The third-order valence-corrected chi connectivity index (χ3v) is 8.79. The highest BCUT2D eigenvalue weighted by Crippen LogP contribution is 2.26. The van der Waals surface area contributed by atoms with Crippen LogP contribution in [0, 0.1) is 0 Å². The first-order valence-corrected chi connectivity index (χ1v) is 13.0. The number of sulfonamides is 2. The van der Waals surface area contributed by atoms with Gasteiger partial charge in [0.15, 0.2) is 0 Å². The highest BCUT2D eigenvalue weighted by Gasteiger charge is 2.27. The lowest BCUT2D eigenvalue weighted by atomic mass is 10.1. The summed E-state index contributed by atoms with van der Waals surface area (Å²) in [4.78, 5) is 1.92. The maximum absolute atomic E-state index is 12.8. The topological polar surface area (TPSA) is 96.0 Å². The molecule has 0 aliphatic carbocycles. The van der Waals surface area contributed by atoms with Gasteiger partial charge in [0.2, 0.25) is 20.0 Å². The van der Waals surface area contributed by atoms with Gasteiger partial charge in [0, 0.05) is 30.7 Å².